The van der Waals surface area contributed by atoms with Crippen molar-refractivity contribution in [3.8, 4) is 0 Å². The zero-order valence-electron chi connectivity index (χ0n) is 17.5. The van der Waals surface area contributed by atoms with E-state index in [2.05, 4.69) is 66.7 Å². The van der Waals surface area contributed by atoms with Gasteiger partial charge in [-0.2, -0.15) is 0 Å². The fourth-order valence-corrected chi connectivity index (χ4v) is 4.75. The molecule has 3 aromatic rings. The summed E-state index contributed by atoms with van der Waals surface area (Å²) in [6.45, 7) is 9.65. The van der Waals surface area contributed by atoms with Crippen molar-refractivity contribution in [2.24, 2.45) is 5.92 Å². The minimum absolute atomic E-state index is 0.178. The maximum atomic E-state index is 6.27. The van der Waals surface area contributed by atoms with Crippen LogP contribution in [0.5, 0.6) is 0 Å². The molecule has 0 bridgehead atoms. The van der Waals surface area contributed by atoms with Crippen LogP contribution < -0.4 is 0 Å². The first-order chi connectivity index (χ1) is 14.1. The normalized spacial score (nSPS) is 16.4. The number of benzene rings is 2. The zero-order valence-corrected chi connectivity index (χ0v) is 18.3. The molecule has 0 saturated carbocycles. The lowest BCUT2D eigenvalue weighted by atomic mass is 9.92. The van der Waals surface area contributed by atoms with Gasteiger partial charge in [-0.1, -0.05) is 69.1 Å². The van der Waals surface area contributed by atoms with E-state index in [0.717, 1.165) is 29.4 Å². The van der Waals surface area contributed by atoms with Gasteiger partial charge >= 0.3 is 0 Å². The number of nitrogens with zero attached hydrogens (tertiary/aromatic N) is 1. The van der Waals surface area contributed by atoms with E-state index in [1.165, 1.54) is 53.5 Å². The molecule has 0 spiro atoms. The largest absolute Gasteiger partial charge is 0.365 e. The van der Waals surface area contributed by atoms with Crippen molar-refractivity contribution in [1.29, 1.82) is 0 Å². The molecule has 1 aliphatic rings. The van der Waals surface area contributed by atoms with Crippen LogP contribution in [-0.2, 0) is 12.8 Å². The molecular weight excluding hydrogens is 376 g/mol. The van der Waals surface area contributed by atoms with Gasteiger partial charge in [0.2, 0.25) is 0 Å². The summed E-state index contributed by atoms with van der Waals surface area (Å²) in [5.74, 6) is 0.800. The lowest BCUT2D eigenvalue weighted by molar-refractivity contribution is 0.298. The molecule has 1 aromatic heterocycles. The Morgan fingerprint density at radius 1 is 1.17 bits per heavy atom. The van der Waals surface area contributed by atoms with Crippen molar-refractivity contribution in [1.82, 2.24) is 9.88 Å². The number of halogens is 1. The second-order valence-electron chi connectivity index (χ2n) is 8.66. The van der Waals surface area contributed by atoms with Gasteiger partial charge in [-0.05, 0) is 66.3 Å². The van der Waals surface area contributed by atoms with Crippen LogP contribution in [0, 0.1) is 5.92 Å². The Labute approximate surface area is 179 Å². The van der Waals surface area contributed by atoms with Crippen LogP contribution in [0.2, 0.25) is 5.02 Å². The molecule has 0 radical (unpaired) electrons. The third-order valence-electron chi connectivity index (χ3n) is 6.15. The third-order valence-corrected chi connectivity index (χ3v) is 6.39. The van der Waals surface area contributed by atoms with Crippen molar-refractivity contribution < 1.29 is 0 Å². The summed E-state index contributed by atoms with van der Waals surface area (Å²) >= 11 is 6.27. The lowest BCUT2D eigenvalue weighted by Gasteiger charge is -2.35. The number of aryl methyl sites for hydroxylation is 1. The Bertz CT molecular complexity index is 984. The quantitative estimate of drug-likeness (QED) is 0.408. The average Bonchev–Trinajstić information content (AvgIpc) is 3.08. The van der Waals surface area contributed by atoms with E-state index in [1.54, 1.807) is 0 Å². The number of H-pyrrole nitrogens is 1. The summed E-state index contributed by atoms with van der Waals surface area (Å²) in [5, 5.41) is 2.05. The van der Waals surface area contributed by atoms with E-state index in [9.17, 15) is 0 Å². The second-order valence-corrected chi connectivity index (χ2v) is 9.10. The molecule has 29 heavy (non-hydrogen) atoms. The monoisotopic (exact) mass is 406 g/mol. The Morgan fingerprint density at radius 2 is 1.97 bits per heavy atom. The summed E-state index contributed by atoms with van der Waals surface area (Å²) in [5.41, 5.74) is 6.58. The maximum absolute atomic E-state index is 6.27. The highest BCUT2D eigenvalue weighted by atomic mass is 35.5. The number of rotatable bonds is 7. The van der Waals surface area contributed by atoms with Gasteiger partial charge in [0, 0.05) is 28.2 Å². The van der Waals surface area contributed by atoms with Crippen LogP contribution in [0.15, 0.2) is 55.2 Å². The van der Waals surface area contributed by atoms with Gasteiger partial charge < -0.3 is 9.88 Å². The molecular formula is C26H31ClN2. The predicted octanol–water partition coefficient (Wildman–Crippen LogP) is 7.28. The fraction of sp³-hybridized carbons (Fsp3) is 0.385. The van der Waals surface area contributed by atoms with E-state index < -0.39 is 0 Å². The minimum Gasteiger partial charge on any atom is -0.365 e. The standard InChI is InChI=1S/C26H31ClN2/c1-4-29-16-15-22-23-17-21(27)13-14-24(23)28-25(22)26(29)20-11-9-19(10-12-20)8-6-5-7-18(2)3/h4,9-14,17-18,26,28H,1,5-8,15-16H2,2-3H3. The summed E-state index contributed by atoms with van der Waals surface area (Å²) in [6, 6.07) is 15.5. The molecule has 0 amide bonds. The van der Waals surface area contributed by atoms with Crippen LogP contribution in [0.3, 0.4) is 0 Å². The molecule has 0 fully saturated rings. The summed E-state index contributed by atoms with van der Waals surface area (Å²) in [4.78, 5) is 6.02. The van der Waals surface area contributed by atoms with Crippen molar-refractivity contribution in [3.05, 3.63) is 82.7 Å². The minimum atomic E-state index is 0.178. The van der Waals surface area contributed by atoms with Crippen LogP contribution in [-0.4, -0.2) is 16.4 Å². The van der Waals surface area contributed by atoms with Gasteiger partial charge in [0.1, 0.15) is 0 Å². The highest BCUT2D eigenvalue weighted by molar-refractivity contribution is 6.31. The molecule has 1 aliphatic heterocycles. The van der Waals surface area contributed by atoms with Crippen LogP contribution >= 0.6 is 11.6 Å². The second kappa shape index (κ2) is 8.67. The van der Waals surface area contributed by atoms with Crippen molar-refractivity contribution in [2.45, 2.75) is 52.0 Å². The van der Waals surface area contributed by atoms with Crippen molar-refractivity contribution >= 4 is 22.5 Å². The number of hydrogen-bond donors (Lipinski definition) is 1. The highest BCUT2D eigenvalue weighted by Crippen LogP contribution is 2.39. The van der Waals surface area contributed by atoms with Gasteiger partial charge in [0.25, 0.3) is 0 Å². The van der Waals surface area contributed by atoms with E-state index in [4.69, 9.17) is 11.6 Å². The fourth-order valence-electron chi connectivity index (χ4n) is 4.58. The molecule has 1 atom stereocenters. The van der Waals surface area contributed by atoms with Crippen LogP contribution in [0.25, 0.3) is 10.9 Å². The van der Waals surface area contributed by atoms with Crippen LogP contribution in [0.1, 0.15) is 61.5 Å². The molecule has 4 rings (SSSR count). The highest BCUT2D eigenvalue weighted by Gasteiger charge is 2.29. The molecule has 0 aliphatic carbocycles. The van der Waals surface area contributed by atoms with E-state index >= 15 is 0 Å². The number of hydrogen-bond acceptors (Lipinski definition) is 1. The third kappa shape index (κ3) is 4.23. The summed E-state index contributed by atoms with van der Waals surface area (Å²) in [7, 11) is 0. The Hall–Kier alpha value is -2.19. The Morgan fingerprint density at radius 3 is 2.69 bits per heavy atom. The van der Waals surface area contributed by atoms with E-state index in [1.807, 2.05) is 12.3 Å². The van der Waals surface area contributed by atoms with Gasteiger partial charge in [0.05, 0.1) is 6.04 Å². The molecule has 1 unspecified atom stereocenters. The zero-order chi connectivity index (χ0) is 20.4. The number of nitrogens with one attached hydrogen (secondary N) is 1. The first-order valence-corrected chi connectivity index (χ1v) is 11.2. The molecule has 2 aromatic carbocycles. The molecule has 1 N–H and O–H groups in total. The van der Waals surface area contributed by atoms with Gasteiger partial charge in [-0.15, -0.1) is 0 Å². The van der Waals surface area contributed by atoms with Crippen molar-refractivity contribution in [3.63, 3.8) is 0 Å². The molecule has 0 saturated heterocycles. The predicted molar refractivity (Wildman–Crippen MR) is 125 cm³/mol. The maximum Gasteiger partial charge on any atom is 0.0941 e. The Kier molecular flexibility index (Phi) is 6.01. The van der Waals surface area contributed by atoms with Crippen LogP contribution in [0.4, 0.5) is 0 Å². The topological polar surface area (TPSA) is 19.0 Å². The number of unbranched alkanes of at least 4 members (excludes halogenated alkanes) is 1. The smallest absolute Gasteiger partial charge is 0.0941 e. The SMILES string of the molecule is C=CN1CCc2c([nH]c3ccc(Cl)cc23)C1c1ccc(CCCCC(C)C)cc1. The summed E-state index contributed by atoms with van der Waals surface area (Å²) in [6.07, 6.45) is 8.05. The molecule has 3 heteroatoms. The Balaban J connectivity index is 1.60. The first-order valence-electron chi connectivity index (χ1n) is 10.8. The van der Waals surface area contributed by atoms with E-state index in [0.29, 0.717) is 0 Å². The van der Waals surface area contributed by atoms with Crippen molar-refractivity contribution in [2.75, 3.05) is 6.54 Å². The summed E-state index contributed by atoms with van der Waals surface area (Å²) < 4.78 is 0. The van der Waals surface area contributed by atoms with E-state index in [-0.39, 0.29) is 6.04 Å². The molecule has 2 heterocycles. The molecule has 152 valence electrons. The van der Waals surface area contributed by atoms with Gasteiger partial charge in [-0.3, -0.25) is 0 Å². The lowest BCUT2D eigenvalue weighted by Crippen LogP contribution is -2.31. The first kappa shape index (κ1) is 20.1. The number of fused-ring (bicyclic) bond motifs is 3. The van der Waals surface area contributed by atoms with Gasteiger partial charge in [0.15, 0.2) is 0 Å². The van der Waals surface area contributed by atoms with Gasteiger partial charge in [-0.25, -0.2) is 0 Å². The molecule has 2 nitrogen and oxygen atoms in total. The number of aromatic amines is 1. The number of aromatic nitrogens is 1. The average molecular weight is 407 g/mol.